The fraction of sp³-hybridized carbons (Fsp3) is 0.412. The summed E-state index contributed by atoms with van der Waals surface area (Å²) in [4.78, 5) is 17.8. The number of aromatic amines is 1. The monoisotopic (exact) mass is 394 g/mol. The van der Waals surface area contributed by atoms with E-state index >= 15 is 0 Å². The van der Waals surface area contributed by atoms with Crippen LogP contribution in [0, 0.1) is 11.3 Å². The molecular formula is C17H20F2N6OS. The normalized spacial score (nSPS) is 18.5. The van der Waals surface area contributed by atoms with E-state index in [1.54, 1.807) is 12.5 Å². The Morgan fingerprint density at radius 3 is 3.04 bits per heavy atom. The van der Waals surface area contributed by atoms with E-state index in [0.717, 1.165) is 31.4 Å². The highest BCUT2D eigenvalue weighted by Crippen LogP contribution is 2.25. The maximum Gasteiger partial charge on any atom is 0.279 e. The molecule has 0 bridgehead atoms. The first-order valence-corrected chi connectivity index (χ1v) is 10.1. The van der Waals surface area contributed by atoms with E-state index in [0.29, 0.717) is 28.9 Å². The van der Waals surface area contributed by atoms with Gasteiger partial charge in [-0.05, 0) is 24.5 Å². The van der Waals surface area contributed by atoms with Crippen molar-refractivity contribution in [1.82, 2.24) is 19.9 Å². The number of anilines is 1. The fourth-order valence-corrected chi connectivity index (χ4v) is 3.90. The summed E-state index contributed by atoms with van der Waals surface area (Å²) in [6, 6.07) is 1.84. The van der Waals surface area contributed by atoms with Crippen LogP contribution >= 0.6 is 0 Å². The highest BCUT2D eigenvalue weighted by atomic mass is 32.2. The number of imidazole rings is 1. The molecule has 1 fully saturated rings. The van der Waals surface area contributed by atoms with E-state index in [-0.39, 0.29) is 0 Å². The van der Waals surface area contributed by atoms with Crippen molar-refractivity contribution in [3.8, 4) is 11.4 Å². The fourth-order valence-electron chi connectivity index (χ4n) is 2.97. The summed E-state index contributed by atoms with van der Waals surface area (Å²) >= 11 is 0. The summed E-state index contributed by atoms with van der Waals surface area (Å²) < 4.78 is 36.1. The molecule has 2 aromatic rings. The second kappa shape index (κ2) is 8.47. The molecule has 10 heteroatoms. The van der Waals surface area contributed by atoms with Crippen LogP contribution in [-0.4, -0.2) is 61.4 Å². The SMILES string of the molecule is CS(=O)CC1CCN(c2cc(-c3cnc(/C=C\C(=N)C(F)F)[nH]3)ncn2)C1. The van der Waals surface area contributed by atoms with E-state index in [1.165, 1.54) is 12.4 Å². The maximum atomic E-state index is 12.3. The minimum atomic E-state index is -2.81. The van der Waals surface area contributed by atoms with Crippen molar-refractivity contribution in [2.45, 2.75) is 12.8 Å². The van der Waals surface area contributed by atoms with Crippen LogP contribution < -0.4 is 4.90 Å². The molecule has 0 spiro atoms. The van der Waals surface area contributed by atoms with Crippen molar-refractivity contribution in [3.63, 3.8) is 0 Å². The van der Waals surface area contributed by atoms with Crippen LogP contribution in [0.3, 0.4) is 0 Å². The zero-order valence-electron chi connectivity index (χ0n) is 14.7. The number of aromatic nitrogens is 4. The van der Waals surface area contributed by atoms with Crippen LogP contribution in [0.5, 0.6) is 0 Å². The lowest BCUT2D eigenvalue weighted by Crippen LogP contribution is -2.22. The molecule has 2 atom stereocenters. The molecule has 3 heterocycles. The smallest absolute Gasteiger partial charge is 0.279 e. The standard InChI is InChI=1S/C17H20F2N6OS/c1-27(26)9-11-4-5-25(8-11)16-6-13(22-10-23-16)14-7-21-15(24-14)3-2-12(20)17(18)19/h2-3,6-7,10-11,17,20H,4-5,8-9H2,1H3,(H,21,24)/b3-2-,20-12?. The van der Waals surface area contributed by atoms with E-state index in [2.05, 4.69) is 24.8 Å². The van der Waals surface area contributed by atoms with Gasteiger partial charge in [0, 0.05) is 42.0 Å². The van der Waals surface area contributed by atoms with E-state index < -0.39 is 22.9 Å². The molecule has 2 N–H and O–H groups in total. The predicted molar refractivity (Wildman–Crippen MR) is 102 cm³/mol. The van der Waals surface area contributed by atoms with Gasteiger partial charge in [0.15, 0.2) is 0 Å². The summed E-state index contributed by atoms with van der Waals surface area (Å²) in [6.45, 7) is 1.66. The van der Waals surface area contributed by atoms with Gasteiger partial charge in [-0.25, -0.2) is 23.7 Å². The van der Waals surface area contributed by atoms with Crippen LogP contribution in [0.4, 0.5) is 14.6 Å². The number of alkyl halides is 2. The molecule has 7 nitrogen and oxygen atoms in total. The molecule has 0 amide bonds. The van der Waals surface area contributed by atoms with Gasteiger partial charge in [-0.3, -0.25) is 9.62 Å². The van der Waals surface area contributed by atoms with Crippen LogP contribution in [0.15, 0.2) is 24.7 Å². The zero-order chi connectivity index (χ0) is 19.4. The van der Waals surface area contributed by atoms with E-state index in [1.807, 2.05) is 6.07 Å². The number of allylic oxidation sites excluding steroid dienone is 1. The predicted octanol–water partition coefficient (Wildman–Crippen LogP) is 2.37. The molecule has 1 aliphatic heterocycles. The average Bonchev–Trinajstić information content (AvgIpc) is 3.28. The third-order valence-corrected chi connectivity index (χ3v) is 5.20. The van der Waals surface area contributed by atoms with Crippen molar-refractivity contribution < 1.29 is 13.0 Å². The van der Waals surface area contributed by atoms with Gasteiger partial charge in [-0.2, -0.15) is 0 Å². The summed E-state index contributed by atoms with van der Waals surface area (Å²) in [7, 11) is -0.808. The molecule has 0 radical (unpaired) electrons. The first-order chi connectivity index (χ1) is 12.9. The number of nitrogens with zero attached hydrogens (tertiary/aromatic N) is 4. The molecule has 1 saturated heterocycles. The first-order valence-electron chi connectivity index (χ1n) is 8.39. The van der Waals surface area contributed by atoms with Crippen LogP contribution in [0.25, 0.3) is 17.5 Å². The molecule has 3 rings (SSSR count). The minimum absolute atomic E-state index is 0.363. The lowest BCUT2D eigenvalue weighted by atomic mass is 10.2. The Hall–Kier alpha value is -2.49. The number of hydrogen-bond donors (Lipinski definition) is 2. The third-order valence-electron chi connectivity index (χ3n) is 4.26. The molecule has 2 aromatic heterocycles. The molecule has 2 unspecified atom stereocenters. The summed E-state index contributed by atoms with van der Waals surface area (Å²) in [5.41, 5.74) is 0.500. The lowest BCUT2D eigenvalue weighted by molar-refractivity contribution is 0.226. The number of H-pyrrole nitrogens is 1. The largest absolute Gasteiger partial charge is 0.356 e. The van der Waals surface area contributed by atoms with Gasteiger partial charge in [-0.1, -0.05) is 0 Å². The zero-order valence-corrected chi connectivity index (χ0v) is 15.5. The average molecular weight is 394 g/mol. The Morgan fingerprint density at radius 2 is 2.30 bits per heavy atom. The maximum absolute atomic E-state index is 12.3. The quantitative estimate of drug-likeness (QED) is 0.703. The third kappa shape index (κ3) is 5.03. The van der Waals surface area contributed by atoms with Crippen molar-refractivity contribution in [2.24, 2.45) is 5.92 Å². The molecule has 1 aliphatic rings. The van der Waals surface area contributed by atoms with Crippen LogP contribution in [0.2, 0.25) is 0 Å². The molecule has 144 valence electrons. The van der Waals surface area contributed by atoms with Gasteiger partial charge in [0.05, 0.1) is 23.3 Å². The Bertz CT molecular complexity index is 869. The van der Waals surface area contributed by atoms with Gasteiger partial charge in [0.25, 0.3) is 6.43 Å². The van der Waals surface area contributed by atoms with Crippen molar-refractivity contribution >= 4 is 28.4 Å². The molecule has 27 heavy (non-hydrogen) atoms. The van der Waals surface area contributed by atoms with Crippen molar-refractivity contribution in [2.75, 3.05) is 30.0 Å². The highest BCUT2D eigenvalue weighted by molar-refractivity contribution is 7.84. The van der Waals surface area contributed by atoms with Crippen LogP contribution in [0.1, 0.15) is 12.2 Å². The lowest BCUT2D eigenvalue weighted by Gasteiger charge is -2.17. The van der Waals surface area contributed by atoms with E-state index in [4.69, 9.17) is 5.41 Å². The second-order valence-corrected chi connectivity index (χ2v) is 7.85. The summed E-state index contributed by atoms with van der Waals surface area (Å²) in [5.74, 6) is 2.24. The molecular weight excluding hydrogens is 374 g/mol. The Balaban J connectivity index is 1.71. The Labute approximate surface area is 157 Å². The van der Waals surface area contributed by atoms with Crippen molar-refractivity contribution in [3.05, 3.63) is 30.5 Å². The Kier molecular flexibility index (Phi) is 6.04. The van der Waals surface area contributed by atoms with Gasteiger partial charge >= 0.3 is 0 Å². The number of hydrogen-bond acceptors (Lipinski definition) is 6. The van der Waals surface area contributed by atoms with Crippen molar-refractivity contribution in [1.29, 1.82) is 5.41 Å². The summed E-state index contributed by atoms with van der Waals surface area (Å²) in [6.07, 6.45) is 5.27. The highest BCUT2D eigenvalue weighted by Gasteiger charge is 2.24. The minimum Gasteiger partial charge on any atom is -0.356 e. The van der Waals surface area contributed by atoms with E-state index in [9.17, 15) is 13.0 Å². The van der Waals surface area contributed by atoms with Gasteiger partial charge in [0.2, 0.25) is 0 Å². The van der Waals surface area contributed by atoms with Gasteiger partial charge < -0.3 is 9.88 Å². The van der Waals surface area contributed by atoms with Gasteiger partial charge in [-0.15, -0.1) is 0 Å². The topological polar surface area (TPSA) is 98.6 Å². The summed E-state index contributed by atoms with van der Waals surface area (Å²) in [5, 5.41) is 7.12. The second-order valence-electron chi connectivity index (χ2n) is 6.37. The number of halogens is 2. The molecule has 0 aromatic carbocycles. The number of nitrogens with one attached hydrogen (secondary N) is 2. The Morgan fingerprint density at radius 1 is 1.48 bits per heavy atom. The van der Waals surface area contributed by atoms with Gasteiger partial charge in [0.1, 0.15) is 18.0 Å². The van der Waals surface area contributed by atoms with Crippen LogP contribution in [-0.2, 0) is 10.8 Å². The number of rotatable bonds is 7. The first kappa shape index (κ1) is 19.3. The molecule has 0 saturated carbocycles. The molecule has 0 aliphatic carbocycles.